The van der Waals surface area contributed by atoms with Crippen LogP contribution in [0.3, 0.4) is 0 Å². The van der Waals surface area contributed by atoms with Crippen molar-refractivity contribution in [2.45, 2.75) is 0 Å². The summed E-state index contributed by atoms with van der Waals surface area (Å²) in [6.45, 7) is 0. The zero-order chi connectivity index (χ0) is 38.2. The molecule has 2 nitrogen and oxygen atoms in total. The number of nitrogens with zero attached hydrogens (tertiary/aromatic N) is 1. The summed E-state index contributed by atoms with van der Waals surface area (Å²) in [6, 6.07) is 72.6. The first-order chi connectivity index (χ1) is 28.7. The van der Waals surface area contributed by atoms with Crippen molar-refractivity contribution in [2.75, 3.05) is 4.90 Å². The average molecular weight is 776 g/mol. The van der Waals surface area contributed by atoms with E-state index in [-0.39, 0.29) is 0 Å². The van der Waals surface area contributed by atoms with Gasteiger partial charge in [-0.3, -0.25) is 0 Å². The molecule has 0 aliphatic heterocycles. The van der Waals surface area contributed by atoms with Crippen molar-refractivity contribution < 1.29 is 4.42 Å². The Labute approximate surface area is 343 Å². The molecule has 0 aliphatic rings. The molecule has 9 aromatic carbocycles. The van der Waals surface area contributed by atoms with E-state index in [0.29, 0.717) is 0 Å². The molecule has 0 atom stereocenters. The van der Waals surface area contributed by atoms with Crippen LogP contribution < -0.4 is 4.90 Å². The smallest absolute Gasteiger partial charge is 0.143 e. The minimum absolute atomic E-state index is 0.897. The second kappa shape index (κ2) is 13.3. The number of fused-ring (bicyclic) bond motifs is 9. The van der Waals surface area contributed by atoms with Crippen molar-refractivity contribution in [3.63, 3.8) is 0 Å². The molecule has 12 rings (SSSR count). The molecule has 0 saturated heterocycles. The van der Waals surface area contributed by atoms with E-state index in [2.05, 4.69) is 199 Å². The van der Waals surface area contributed by atoms with E-state index in [4.69, 9.17) is 4.42 Å². The van der Waals surface area contributed by atoms with Gasteiger partial charge < -0.3 is 9.32 Å². The summed E-state index contributed by atoms with van der Waals surface area (Å²) in [6.07, 6.45) is 0. The van der Waals surface area contributed by atoms with Gasteiger partial charge in [0, 0.05) is 73.7 Å². The van der Waals surface area contributed by atoms with Gasteiger partial charge in [-0.25, -0.2) is 0 Å². The van der Waals surface area contributed by atoms with Crippen LogP contribution in [-0.4, -0.2) is 0 Å². The molecule has 0 fully saturated rings. The van der Waals surface area contributed by atoms with E-state index in [1.807, 2.05) is 28.7 Å². The standard InChI is InChI=1S/C54H33NOS2/c1-2-10-35(11-3-1)41-14-8-16-45-47-32-37(24-30-49(47)56-53(41)45)34-20-25-38(26-21-34)55(40-29-31-52-48(33-40)44-13-5-6-18-50(44)57-52)39-27-22-36(23-28-39)42-15-9-17-46-43-12-4-7-19-51(43)58-54(42)46/h1-33H. The van der Waals surface area contributed by atoms with Crippen LogP contribution >= 0.6 is 22.7 Å². The predicted octanol–water partition coefficient (Wildman–Crippen LogP) is 16.8. The molecule has 58 heavy (non-hydrogen) atoms. The van der Waals surface area contributed by atoms with Crippen molar-refractivity contribution in [2.24, 2.45) is 0 Å². The van der Waals surface area contributed by atoms with Crippen molar-refractivity contribution in [3.05, 3.63) is 200 Å². The van der Waals surface area contributed by atoms with Crippen molar-refractivity contribution in [1.82, 2.24) is 0 Å². The van der Waals surface area contributed by atoms with E-state index in [9.17, 15) is 0 Å². The number of rotatable bonds is 6. The van der Waals surface area contributed by atoms with Crippen LogP contribution in [0.2, 0.25) is 0 Å². The van der Waals surface area contributed by atoms with Crippen LogP contribution in [0.1, 0.15) is 0 Å². The van der Waals surface area contributed by atoms with E-state index in [0.717, 1.165) is 61.3 Å². The van der Waals surface area contributed by atoms with E-state index in [1.54, 1.807) is 0 Å². The number of furan rings is 1. The molecule has 272 valence electrons. The fourth-order valence-corrected chi connectivity index (χ4v) is 11.0. The summed E-state index contributed by atoms with van der Waals surface area (Å²) in [4.78, 5) is 2.39. The summed E-state index contributed by atoms with van der Waals surface area (Å²) in [5.41, 5.74) is 12.2. The first kappa shape index (κ1) is 33.2. The molecule has 0 N–H and O–H groups in total. The average Bonchev–Trinajstić information content (AvgIpc) is 3.98. The van der Waals surface area contributed by atoms with Gasteiger partial charge >= 0.3 is 0 Å². The summed E-state index contributed by atoms with van der Waals surface area (Å²) in [5, 5.41) is 7.47. The summed E-state index contributed by atoms with van der Waals surface area (Å²) in [5.74, 6) is 0. The highest BCUT2D eigenvalue weighted by Gasteiger charge is 2.18. The molecular weight excluding hydrogens is 743 g/mol. The van der Waals surface area contributed by atoms with Crippen molar-refractivity contribution in [1.29, 1.82) is 0 Å². The molecule has 0 bridgehead atoms. The Hall–Kier alpha value is -6.98. The number of anilines is 3. The molecule has 0 unspecified atom stereocenters. The first-order valence-electron chi connectivity index (χ1n) is 19.6. The second-order valence-corrected chi connectivity index (χ2v) is 17.0. The van der Waals surface area contributed by atoms with Crippen LogP contribution in [0.4, 0.5) is 17.1 Å². The Balaban J connectivity index is 0.952. The number of hydrogen-bond donors (Lipinski definition) is 0. The Kier molecular flexibility index (Phi) is 7.62. The van der Waals surface area contributed by atoms with Gasteiger partial charge in [0.2, 0.25) is 0 Å². The highest BCUT2D eigenvalue weighted by molar-refractivity contribution is 7.26. The summed E-state index contributed by atoms with van der Waals surface area (Å²) >= 11 is 3.73. The lowest BCUT2D eigenvalue weighted by molar-refractivity contribution is 0.670. The van der Waals surface area contributed by atoms with Gasteiger partial charge in [-0.2, -0.15) is 0 Å². The highest BCUT2D eigenvalue weighted by atomic mass is 32.1. The van der Waals surface area contributed by atoms with Gasteiger partial charge in [0.05, 0.1) is 0 Å². The maximum absolute atomic E-state index is 6.49. The van der Waals surface area contributed by atoms with Crippen LogP contribution in [0.25, 0.3) is 95.7 Å². The number of hydrogen-bond acceptors (Lipinski definition) is 4. The lowest BCUT2D eigenvalue weighted by Gasteiger charge is -2.26. The molecule has 4 heteroatoms. The minimum Gasteiger partial charge on any atom is -0.455 e. The Morgan fingerprint density at radius 2 is 0.897 bits per heavy atom. The molecule has 3 aromatic heterocycles. The number of para-hydroxylation sites is 1. The third-order valence-electron chi connectivity index (χ3n) is 11.5. The largest absolute Gasteiger partial charge is 0.455 e. The van der Waals surface area contributed by atoms with Crippen LogP contribution in [0.15, 0.2) is 205 Å². The van der Waals surface area contributed by atoms with Gasteiger partial charge in [0.1, 0.15) is 11.2 Å². The van der Waals surface area contributed by atoms with Crippen LogP contribution in [0.5, 0.6) is 0 Å². The van der Waals surface area contributed by atoms with E-state index >= 15 is 0 Å². The predicted molar refractivity (Wildman–Crippen MR) is 250 cm³/mol. The zero-order valence-electron chi connectivity index (χ0n) is 31.2. The minimum atomic E-state index is 0.897. The van der Waals surface area contributed by atoms with Crippen LogP contribution in [0, 0.1) is 0 Å². The summed E-state index contributed by atoms with van der Waals surface area (Å²) < 4.78 is 11.8. The molecule has 0 radical (unpaired) electrons. The van der Waals surface area contributed by atoms with Gasteiger partial charge in [-0.1, -0.05) is 133 Å². The summed E-state index contributed by atoms with van der Waals surface area (Å²) in [7, 11) is 0. The number of thiophene rings is 2. The first-order valence-corrected chi connectivity index (χ1v) is 21.2. The van der Waals surface area contributed by atoms with E-state index < -0.39 is 0 Å². The van der Waals surface area contributed by atoms with Crippen molar-refractivity contribution in [3.8, 4) is 33.4 Å². The van der Waals surface area contributed by atoms with Gasteiger partial charge in [-0.05, 0) is 94.5 Å². The number of benzene rings is 9. The Morgan fingerprint density at radius 3 is 1.67 bits per heavy atom. The lowest BCUT2D eigenvalue weighted by atomic mass is 10.00. The van der Waals surface area contributed by atoms with Gasteiger partial charge in [0.25, 0.3) is 0 Å². The topological polar surface area (TPSA) is 16.4 Å². The molecule has 12 aromatic rings. The monoisotopic (exact) mass is 775 g/mol. The fraction of sp³-hybridized carbons (Fsp3) is 0. The maximum atomic E-state index is 6.49. The Bertz CT molecular complexity index is 3500. The lowest BCUT2D eigenvalue weighted by Crippen LogP contribution is -2.09. The molecule has 3 heterocycles. The van der Waals surface area contributed by atoms with E-state index in [1.165, 1.54) is 51.5 Å². The third-order valence-corrected chi connectivity index (χ3v) is 13.9. The SMILES string of the molecule is c1ccc(-c2cccc3c2oc2ccc(-c4ccc(N(c5ccc(-c6cccc7c6sc6ccccc67)cc5)c5ccc6sc7ccccc7c6c5)cc4)cc23)cc1. The zero-order valence-corrected chi connectivity index (χ0v) is 32.9. The second-order valence-electron chi connectivity index (χ2n) is 14.8. The Morgan fingerprint density at radius 1 is 0.328 bits per heavy atom. The molecular formula is C54H33NOS2. The van der Waals surface area contributed by atoms with Crippen molar-refractivity contribution >= 4 is 102 Å². The highest BCUT2D eigenvalue weighted by Crippen LogP contribution is 2.44. The molecule has 0 saturated carbocycles. The quantitative estimate of drug-likeness (QED) is 0.167. The molecule has 0 spiro atoms. The van der Waals surface area contributed by atoms with Gasteiger partial charge in [0.15, 0.2) is 0 Å². The normalized spacial score (nSPS) is 11.8. The van der Waals surface area contributed by atoms with Crippen LogP contribution in [-0.2, 0) is 0 Å². The molecule has 0 amide bonds. The fourth-order valence-electron chi connectivity index (χ4n) is 8.69. The maximum Gasteiger partial charge on any atom is 0.143 e. The third kappa shape index (κ3) is 5.37. The van der Waals surface area contributed by atoms with Gasteiger partial charge in [-0.15, -0.1) is 22.7 Å². The molecule has 0 aliphatic carbocycles.